The molecule has 2 N–H and O–H groups in total. The summed E-state index contributed by atoms with van der Waals surface area (Å²) in [4.78, 5) is 13.2. The molecule has 0 aromatic carbocycles. The summed E-state index contributed by atoms with van der Waals surface area (Å²) in [5.74, 6) is -0.566. The van der Waals surface area contributed by atoms with E-state index in [9.17, 15) is 18.0 Å². The Morgan fingerprint density at radius 1 is 1.53 bits per heavy atom. The Morgan fingerprint density at radius 2 is 2.16 bits per heavy atom. The minimum atomic E-state index is -4.40. The molecule has 1 aliphatic rings. The second-order valence-corrected chi connectivity index (χ2v) is 5.23. The van der Waals surface area contributed by atoms with E-state index in [0.717, 1.165) is 11.3 Å². The number of rotatable bonds is 5. The number of carbonyl (C=O) groups is 1. The molecule has 0 bridgehead atoms. The average molecular weight is 282 g/mol. The summed E-state index contributed by atoms with van der Waals surface area (Å²) < 4.78 is 42.8. The number of carbonyl (C=O) groups excluding carboxylic acids is 1. The highest BCUT2D eigenvalue weighted by Crippen LogP contribution is 2.31. The molecule has 1 rings (SSSR count). The van der Waals surface area contributed by atoms with Crippen LogP contribution in [-0.2, 0) is 9.53 Å². The van der Waals surface area contributed by atoms with Crippen molar-refractivity contribution in [2.24, 2.45) is 11.1 Å². The van der Waals surface area contributed by atoms with Crippen LogP contribution in [0.2, 0.25) is 0 Å². The van der Waals surface area contributed by atoms with Gasteiger partial charge in [-0.2, -0.15) is 13.2 Å². The van der Waals surface area contributed by atoms with Gasteiger partial charge in [-0.15, -0.1) is 0 Å². The summed E-state index contributed by atoms with van der Waals surface area (Å²) in [7, 11) is 0. The molecule has 1 saturated heterocycles. The first kappa shape index (κ1) is 16.2. The van der Waals surface area contributed by atoms with Crippen LogP contribution in [0.15, 0.2) is 0 Å². The van der Waals surface area contributed by atoms with Crippen molar-refractivity contribution in [1.29, 1.82) is 0 Å². The van der Waals surface area contributed by atoms with Crippen LogP contribution in [0.3, 0.4) is 0 Å². The number of amides is 1. The minimum absolute atomic E-state index is 0.0769. The van der Waals surface area contributed by atoms with Crippen molar-refractivity contribution >= 4 is 5.91 Å². The van der Waals surface area contributed by atoms with Crippen LogP contribution in [0.25, 0.3) is 0 Å². The van der Waals surface area contributed by atoms with E-state index in [4.69, 9.17) is 10.5 Å². The van der Waals surface area contributed by atoms with Gasteiger partial charge in [0.05, 0.1) is 18.6 Å². The minimum Gasteiger partial charge on any atom is -0.379 e. The van der Waals surface area contributed by atoms with Gasteiger partial charge in [-0.1, -0.05) is 13.3 Å². The molecule has 1 heterocycles. The van der Waals surface area contributed by atoms with Crippen molar-refractivity contribution < 1.29 is 22.7 Å². The molecule has 1 fully saturated rings. The van der Waals surface area contributed by atoms with Gasteiger partial charge in [-0.3, -0.25) is 4.79 Å². The highest BCUT2D eigenvalue weighted by Gasteiger charge is 2.48. The molecule has 2 atom stereocenters. The van der Waals surface area contributed by atoms with Crippen LogP contribution in [0.1, 0.15) is 26.7 Å². The van der Waals surface area contributed by atoms with Crippen molar-refractivity contribution in [3.05, 3.63) is 0 Å². The standard InChI is InChI=1S/C12H21F3N2O2/c1-3-4-5-17(7-12(13,14)15)10(18)11(2)8-19-6-9(11)16/h9H,3-8,16H2,1-2H3. The van der Waals surface area contributed by atoms with Crippen LogP contribution in [-0.4, -0.2) is 49.3 Å². The lowest BCUT2D eigenvalue weighted by atomic mass is 9.84. The fraction of sp³-hybridized carbons (Fsp3) is 0.917. The van der Waals surface area contributed by atoms with Crippen LogP contribution in [0, 0.1) is 5.41 Å². The van der Waals surface area contributed by atoms with E-state index in [2.05, 4.69) is 0 Å². The highest BCUT2D eigenvalue weighted by molar-refractivity contribution is 5.83. The van der Waals surface area contributed by atoms with Gasteiger partial charge in [0.25, 0.3) is 0 Å². The van der Waals surface area contributed by atoms with Crippen molar-refractivity contribution in [3.63, 3.8) is 0 Å². The van der Waals surface area contributed by atoms with Crippen LogP contribution in [0.4, 0.5) is 13.2 Å². The lowest BCUT2D eigenvalue weighted by Crippen LogP contribution is -2.53. The molecule has 7 heteroatoms. The molecule has 0 saturated carbocycles. The zero-order valence-corrected chi connectivity index (χ0v) is 11.3. The van der Waals surface area contributed by atoms with E-state index < -0.39 is 30.1 Å². The largest absolute Gasteiger partial charge is 0.406 e. The number of ether oxygens (including phenoxy) is 1. The molecular weight excluding hydrogens is 261 g/mol. The van der Waals surface area contributed by atoms with Crippen molar-refractivity contribution in [2.75, 3.05) is 26.3 Å². The number of unbranched alkanes of at least 4 members (excludes halogenated alkanes) is 1. The Bertz CT molecular complexity index is 323. The number of hydrogen-bond acceptors (Lipinski definition) is 3. The fourth-order valence-electron chi connectivity index (χ4n) is 2.09. The molecule has 0 radical (unpaired) electrons. The number of nitrogens with two attached hydrogens (primary N) is 1. The van der Waals surface area contributed by atoms with E-state index in [1.807, 2.05) is 6.92 Å². The van der Waals surface area contributed by atoms with E-state index in [1.54, 1.807) is 6.92 Å². The molecule has 0 aromatic rings. The van der Waals surface area contributed by atoms with Crippen molar-refractivity contribution in [2.45, 2.75) is 38.9 Å². The monoisotopic (exact) mass is 282 g/mol. The lowest BCUT2D eigenvalue weighted by Gasteiger charge is -2.33. The predicted molar refractivity (Wildman–Crippen MR) is 64.4 cm³/mol. The van der Waals surface area contributed by atoms with Crippen LogP contribution >= 0.6 is 0 Å². The van der Waals surface area contributed by atoms with Gasteiger partial charge in [0.2, 0.25) is 5.91 Å². The van der Waals surface area contributed by atoms with Crippen LogP contribution < -0.4 is 5.73 Å². The Labute approximate surface area is 111 Å². The van der Waals surface area contributed by atoms with Crippen LogP contribution in [0.5, 0.6) is 0 Å². The number of nitrogens with zero attached hydrogens (tertiary/aromatic N) is 1. The van der Waals surface area contributed by atoms with Gasteiger partial charge in [-0.25, -0.2) is 0 Å². The Hall–Kier alpha value is -0.820. The second-order valence-electron chi connectivity index (χ2n) is 5.23. The van der Waals surface area contributed by atoms with Crippen molar-refractivity contribution in [1.82, 2.24) is 4.90 Å². The predicted octanol–water partition coefficient (Wildman–Crippen LogP) is 1.54. The van der Waals surface area contributed by atoms with Gasteiger partial charge in [0.15, 0.2) is 0 Å². The Balaban J connectivity index is 2.81. The number of alkyl halides is 3. The lowest BCUT2D eigenvalue weighted by molar-refractivity contribution is -0.167. The van der Waals surface area contributed by atoms with E-state index >= 15 is 0 Å². The first-order valence-electron chi connectivity index (χ1n) is 6.40. The Kier molecular flexibility index (Phi) is 5.20. The van der Waals surface area contributed by atoms with Crippen molar-refractivity contribution in [3.8, 4) is 0 Å². The normalized spacial score (nSPS) is 27.6. The molecule has 112 valence electrons. The summed E-state index contributed by atoms with van der Waals surface area (Å²) in [6, 6.07) is -0.558. The maximum absolute atomic E-state index is 12.5. The third-order valence-corrected chi connectivity index (χ3v) is 3.45. The third-order valence-electron chi connectivity index (χ3n) is 3.45. The molecule has 0 aliphatic carbocycles. The number of hydrogen-bond donors (Lipinski definition) is 1. The third kappa shape index (κ3) is 4.07. The van der Waals surface area contributed by atoms with Gasteiger partial charge >= 0.3 is 6.18 Å². The number of halogens is 3. The maximum atomic E-state index is 12.5. The highest BCUT2D eigenvalue weighted by atomic mass is 19.4. The molecule has 19 heavy (non-hydrogen) atoms. The first-order valence-corrected chi connectivity index (χ1v) is 6.40. The van der Waals surface area contributed by atoms with E-state index in [-0.39, 0.29) is 19.8 Å². The van der Waals surface area contributed by atoms with E-state index in [1.165, 1.54) is 0 Å². The first-order chi connectivity index (χ1) is 8.70. The maximum Gasteiger partial charge on any atom is 0.406 e. The summed E-state index contributed by atoms with van der Waals surface area (Å²) in [6.45, 7) is 2.58. The summed E-state index contributed by atoms with van der Waals surface area (Å²) in [6.07, 6.45) is -3.14. The fourth-order valence-corrected chi connectivity index (χ4v) is 2.09. The molecular formula is C12H21F3N2O2. The molecule has 0 spiro atoms. The SMILES string of the molecule is CCCCN(CC(F)(F)F)C(=O)C1(C)COCC1N. The Morgan fingerprint density at radius 3 is 2.58 bits per heavy atom. The topological polar surface area (TPSA) is 55.6 Å². The second kappa shape index (κ2) is 6.09. The van der Waals surface area contributed by atoms with Gasteiger partial charge in [-0.05, 0) is 13.3 Å². The summed E-state index contributed by atoms with van der Waals surface area (Å²) in [5.41, 5.74) is 4.73. The van der Waals surface area contributed by atoms with Gasteiger partial charge in [0, 0.05) is 12.6 Å². The zero-order valence-electron chi connectivity index (χ0n) is 11.3. The molecule has 0 aromatic heterocycles. The van der Waals surface area contributed by atoms with Gasteiger partial charge < -0.3 is 15.4 Å². The molecule has 2 unspecified atom stereocenters. The summed E-state index contributed by atoms with van der Waals surface area (Å²) in [5, 5.41) is 0. The van der Waals surface area contributed by atoms with Gasteiger partial charge in [0.1, 0.15) is 6.54 Å². The average Bonchev–Trinajstić information content (AvgIpc) is 2.64. The molecule has 1 aliphatic heterocycles. The van der Waals surface area contributed by atoms with E-state index in [0.29, 0.717) is 6.42 Å². The smallest absolute Gasteiger partial charge is 0.379 e. The summed E-state index contributed by atoms with van der Waals surface area (Å²) >= 11 is 0. The molecule has 4 nitrogen and oxygen atoms in total. The zero-order chi connectivity index (χ0) is 14.7. The quantitative estimate of drug-likeness (QED) is 0.832. The molecule has 1 amide bonds.